The van der Waals surface area contributed by atoms with Gasteiger partial charge >= 0.3 is 0 Å². The molecular weight excluding hydrogens is 342 g/mol. The maximum atomic E-state index is 4.68. The Kier molecular flexibility index (Phi) is 8.41. The van der Waals surface area contributed by atoms with Crippen molar-refractivity contribution in [2.24, 2.45) is 10.9 Å². The molecule has 0 aliphatic heterocycles. The van der Waals surface area contributed by atoms with Crippen molar-refractivity contribution in [3.8, 4) is 0 Å². The van der Waals surface area contributed by atoms with Crippen molar-refractivity contribution >= 4 is 23.0 Å². The molecule has 1 aromatic carbocycles. The number of nitrogens with one attached hydrogen (secondary N) is 3. The number of anilines is 1. The summed E-state index contributed by atoms with van der Waals surface area (Å²) in [5, 5.41) is 11.4. The first-order chi connectivity index (χ1) is 12.6. The maximum Gasteiger partial charge on any atom is 0.191 e. The molecule has 0 fully saturated rings. The second kappa shape index (κ2) is 10.8. The molecular formula is C20H31N5S. The van der Waals surface area contributed by atoms with Gasteiger partial charge in [0.1, 0.15) is 5.01 Å². The molecule has 1 atom stereocenters. The monoisotopic (exact) mass is 373 g/mol. The average Bonchev–Trinajstić information content (AvgIpc) is 3.11. The van der Waals surface area contributed by atoms with Gasteiger partial charge < -0.3 is 16.0 Å². The van der Waals surface area contributed by atoms with Gasteiger partial charge in [-0.2, -0.15) is 0 Å². The van der Waals surface area contributed by atoms with Crippen LogP contribution in [0.1, 0.15) is 37.6 Å². The minimum absolute atomic E-state index is 0.313. The molecule has 0 bridgehead atoms. The normalized spacial score (nSPS) is 12.9. The number of nitrogens with zero attached hydrogens (tertiary/aromatic N) is 2. The largest absolute Gasteiger partial charge is 0.380 e. The third-order valence-corrected chi connectivity index (χ3v) is 5.21. The van der Waals surface area contributed by atoms with Gasteiger partial charge in [0.2, 0.25) is 0 Å². The van der Waals surface area contributed by atoms with Crippen molar-refractivity contribution in [3.05, 3.63) is 46.4 Å². The van der Waals surface area contributed by atoms with E-state index in [2.05, 4.69) is 77.9 Å². The molecule has 1 unspecified atom stereocenters. The van der Waals surface area contributed by atoms with Crippen molar-refractivity contribution in [1.82, 2.24) is 15.6 Å². The van der Waals surface area contributed by atoms with E-state index in [-0.39, 0.29) is 0 Å². The molecule has 5 nitrogen and oxygen atoms in total. The third kappa shape index (κ3) is 6.67. The number of para-hydroxylation sites is 1. The minimum atomic E-state index is 0.313. The van der Waals surface area contributed by atoms with E-state index < -0.39 is 0 Å². The molecule has 142 valence electrons. The molecule has 2 aromatic rings. The SMILES string of the molecule is CCNC(=NCc1ncc(CC)s1)NCC(Nc1ccccc1)C(C)C. The highest BCUT2D eigenvalue weighted by atomic mass is 32.1. The van der Waals surface area contributed by atoms with Crippen LogP contribution >= 0.6 is 11.3 Å². The van der Waals surface area contributed by atoms with Crippen LogP contribution in [0.2, 0.25) is 0 Å². The number of guanidine groups is 1. The smallest absolute Gasteiger partial charge is 0.191 e. The van der Waals surface area contributed by atoms with Crippen LogP contribution < -0.4 is 16.0 Å². The second-order valence-electron chi connectivity index (χ2n) is 6.51. The van der Waals surface area contributed by atoms with Crippen LogP contribution in [-0.4, -0.2) is 30.1 Å². The lowest BCUT2D eigenvalue weighted by molar-refractivity contribution is 0.512. The Balaban J connectivity index is 1.94. The van der Waals surface area contributed by atoms with E-state index in [1.807, 2.05) is 12.3 Å². The number of hydrogen-bond acceptors (Lipinski definition) is 4. The minimum Gasteiger partial charge on any atom is -0.380 e. The van der Waals surface area contributed by atoms with Crippen LogP contribution in [0, 0.1) is 5.92 Å². The summed E-state index contributed by atoms with van der Waals surface area (Å²) >= 11 is 1.74. The summed E-state index contributed by atoms with van der Waals surface area (Å²) in [6.45, 7) is 10.9. The molecule has 1 heterocycles. The average molecular weight is 374 g/mol. The first-order valence-corrected chi connectivity index (χ1v) is 10.2. The van der Waals surface area contributed by atoms with Crippen molar-refractivity contribution in [1.29, 1.82) is 0 Å². The van der Waals surface area contributed by atoms with E-state index >= 15 is 0 Å². The number of hydrogen-bond donors (Lipinski definition) is 3. The van der Waals surface area contributed by atoms with Crippen molar-refractivity contribution in [3.63, 3.8) is 0 Å². The first kappa shape index (κ1) is 20.2. The predicted molar refractivity (Wildman–Crippen MR) is 113 cm³/mol. The lowest BCUT2D eigenvalue weighted by atomic mass is 10.0. The third-order valence-electron chi connectivity index (χ3n) is 4.09. The Labute approximate surface area is 161 Å². The fourth-order valence-corrected chi connectivity index (χ4v) is 3.27. The van der Waals surface area contributed by atoms with Crippen molar-refractivity contribution in [2.45, 2.75) is 46.7 Å². The molecule has 0 aliphatic carbocycles. The molecule has 0 saturated carbocycles. The summed E-state index contributed by atoms with van der Waals surface area (Å²) in [5.41, 5.74) is 1.14. The Hall–Kier alpha value is -2.08. The van der Waals surface area contributed by atoms with Gasteiger partial charge in [-0.1, -0.05) is 39.0 Å². The summed E-state index contributed by atoms with van der Waals surface area (Å²) < 4.78 is 0. The summed E-state index contributed by atoms with van der Waals surface area (Å²) in [6.07, 6.45) is 2.98. The number of aryl methyl sites for hydroxylation is 1. The van der Waals surface area contributed by atoms with Gasteiger partial charge in [0, 0.05) is 35.9 Å². The lowest BCUT2D eigenvalue weighted by Gasteiger charge is -2.25. The van der Waals surface area contributed by atoms with E-state index in [4.69, 9.17) is 0 Å². The first-order valence-electron chi connectivity index (χ1n) is 9.39. The van der Waals surface area contributed by atoms with Crippen LogP contribution in [0.25, 0.3) is 0 Å². The van der Waals surface area contributed by atoms with Crippen LogP contribution in [0.15, 0.2) is 41.5 Å². The summed E-state index contributed by atoms with van der Waals surface area (Å²) in [7, 11) is 0. The van der Waals surface area contributed by atoms with Crippen LogP contribution in [0.3, 0.4) is 0 Å². The molecule has 2 rings (SSSR count). The summed E-state index contributed by atoms with van der Waals surface area (Å²) in [5.74, 6) is 1.33. The quantitative estimate of drug-likeness (QED) is 0.461. The second-order valence-corrected chi connectivity index (χ2v) is 7.71. The zero-order chi connectivity index (χ0) is 18.8. The molecule has 0 saturated heterocycles. The van der Waals surface area contributed by atoms with Crippen LogP contribution in [-0.2, 0) is 13.0 Å². The van der Waals surface area contributed by atoms with E-state index in [1.54, 1.807) is 11.3 Å². The van der Waals surface area contributed by atoms with E-state index in [0.29, 0.717) is 18.5 Å². The Bertz CT molecular complexity index is 666. The molecule has 3 N–H and O–H groups in total. The molecule has 0 aliphatic rings. The van der Waals surface area contributed by atoms with Gasteiger partial charge in [0.25, 0.3) is 0 Å². The molecule has 0 spiro atoms. The van der Waals surface area contributed by atoms with Crippen molar-refractivity contribution < 1.29 is 0 Å². The zero-order valence-electron chi connectivity index (χ0n) is 16.2. The highest BCUT2D eigenvalue weighted by molar-refractivity contribution is 7.11. The van der Waals surface area contributed by atoms with E-state index in [1.165, 1.54) is 4.88 Å². The van der Waals surface area contributed by atoms with Crippen LogP contribution in [0.5, 0.6) is 0 Å². The Morgan fingerprint density at radius 3 is 2.54 bits per heavy atom. The molecule has 6 heteroatoms. The van der Waals surface area contributed by atoms with Gasteiger partial charge in [0.05, 0.1) is 6.54 Å². The van der Waals surface area contributed by atoms with Crippen LogP contribution in [0.4, 0.5) is 5.69 Å². The topological polar surface area (TPSA) is 61.3 Å². The highest BCUT2D eigenvalue weighted by Gasteiger charge is 2.14. The van der Waals surface area contributed by atoms with Gasteiger partial charge in [-0.05, 0) is 31.4 Å². The molecule has 26 heavy (non-hydrogen) atoms. The Morgan fingerprint density at radius 1 is 1.15 bits per heavy atom. The van der Waals surface area contributed by atoms with Crippen molar-refractivity contribution in [2.75, 3.05) is 18.4 Å². The van der Waals surface area contributed by atoms with Gasteiger partial charge in [-0.25, -0.2) is 9.98 Å². The number of aliphatic imine (C=N–C) groups is 1. The van der Waals surface area contributed by atoms with Gasteiger partial charge in [0.15, 0.2) is 5.96 Å². The lowest BCUT2D eigenvalue weighted by Crippen LogP contribution is -2.44. The number of thiazole rings is 1. The Morgan fingerprint density at radius 2 is 1.92 bits per heavy atom. The highest BCUT2D eigenvalue weighted by Crippen LogP contribution is 2.14. The number of aromatic nitrogens is 1. The van der Waals surface area contributed by atoms with Gasteiger partial charge in [-0.15, -0.1) is 11.3 Å². The number of benzene rings is 1. The molecule has 0 amide bonds. The zero-order valence-corrected chi connectivity index (χ0v) is 17.1. The molecule has 0 radical (unpaired) electrons. The van der Waals surface area contributed by atoms with E-state index in [0.717, 1.165) is 36.2 Å². The van der Waals surface area contributed by atoms with E-state index in [9.17, 15) is 0 Å². The predicted octanol–water partition coefficient (Wildman–Crippen LogP) is 3.90. The standard InChI is InChI=1S/C20H31N5S/c1-5-17-12-22-19(26-17)14-24-20(21-6-2)23-13-18(15(3)4)25-16-10-8-7-9-11-16/h7-12,15,18,25H,5-6,13-14H2,1-4H3,(H2,21,23,24). The fourth-order valence-electron chi connectivity index (χ4n) is 2.48. The molecule has 1 aromatic heterocycles. The van der Waals surface area contributed by atoms with Gasteiger partial charge in [-0.3, -0.25) is 0 Å². The number of rotatable bonds is 9. The summed E-state index contributed by atoms with van der Waals surface area (Å²) in [6, 6.07) is 10.7. The maximum absolute atomic E-state index is 4.68. The summed E-state index contributed by atoms with van der Waals surface area (Å²) in [4.78, 5) is 10.4. The fraction of sp³-hybridized carbons (Fsp3) is 0.500.